The van der Waals surface area contributed by atoms with Crippen molar-refractivity contribution in [1.82, 2.24) is 4.58 Å². The van der Waals surface area contributed by atoms with Gasteiger partial charge in [-0.1, -0.05) is 105 Å². The molecule has 7 aromatic rings. The van der Waals surface area contributed by atoms with E-state index in [0.717, 1.165) is 28.9 Å². The highest BCUT2D eigenvalue weighted by molar-refractivity contribution is 6.27. The van der Waals surface area contributed by atoms with Gasteiger partial charge in [0.1, 0.15) is 5.56 Å². The molecular formula is C47H33N2+. The molecule has 3 aliphatic rings. The first kappa shape index (κ1) is 27.8. The summed E-state index contributed by atoms with van der Waals surface area (Å²) in [7, 11) is 0. The van der Waals surface area contributed by atoms with Crippen molar-refractivity contribution >= 4 is 66.4 Å². The fraction of sp³-hybridized carbons (Fsp3) is 0.0426. The Morgan fingerprint density at radius 2 is 1.29 bits per heavy atom. The second-order valence-electron chi connectivity index (χ2n) is 13.1. The highest BCUT2D eigenvalue weighted by Gasteiger charge is 2.45. The molecule has 3 heterocycles. The van der Waals surface area contributed by atoms with Crippen molar-refractivity contribution < 1.29 is 0 Å². The lowest BCUT2D eigenvalue weighted by atomic mass is 9.89. The zero-order valence-electron chi connectivity index (χ0n) is 27.3. The van der Waals surface area contributed by atoms with E-state index in [2.05, 4.69) is 181 Å². The van der Waals surface area contributed by atoms with E-state index in [-0.39, 0.29) is 0 Å². The summed E-state index contributed by atoms with van der Waals surface area (Å²) < 4.78 is 2.42. The molecule has 7 aromatic carbocycles. The fourth-order valence-corrected chi connectivity index (χ4v) is 8.10. The van der Waals surface area contributed by atoms with Crippen LogP contribution >= 0.6 is 0 Å². The van der Waals surface area contributed by atoms with E-state index in [1.54, 1.807) is 0 Å². The Bertz CT molecular complexity index is 2680. The summed E-state index contributed by atoms with van der Waals surface area (Å²) in [5, 5.41) is 7.66. The predicted octanol–water partition coefficient (Wildman–Crippen LogP) is 12.6. The van der Waals surface area contributed by atoms with Crippen LogP contribution in [-0.4, -0.2) is 5.71 Å². The van der Waals surface area contributed by atoms with E-state index in [1.165, 1.54) is 77.2 Å². The molecule has 49 heavy (non-hydrogen) atoms. The lowest BCUT2D eigenvalue weighted by Gasteiger charge is -2.26. The molecule has 0 amide bonds. The molecule has 0 atom stereocenters. The summed E-state index contributed by atoms with van der Waals surface area (Å²) in [6, 6.07) is 44.8. The molecule has 0 saturated carbocycles. The number of nitrogens with zero attached hydrogens (tertiary/aromatic N) is 2. The number of hydrogen-bond acceptors (Lipinski definition) is 1. The maximum absolute atomic E-state index is 4.54. The van der Waals surface area contributed by atoms with Gasteiger partial charge in [-0.05, 0) is 104 Å². The molecule has 2 heteroatoms. The number of hydrogen-bond donors (Lipinski definition) is 0. The average Bonchev–Trinajstić information content (AvgIpc) is 3.46. The van der Waals surface area contributed by atoms with Gasteiger partial charge in [-0.25, -0.2) is 0 Å². The van der Waals surface area contributed by atoms with Crippen molar-refractivity contribution in [3.63, 3.8) is 0 Å². The van der Waals surface area contributed by atoms with Gasteiger partial charge in [0.25, 0.3) is 0 Å². The van der Waals surface area contributed by atoms with Crippen molar-refractivity contribution in [2.24, 2.45) is 0 Å². The van der Waals surface area contributed by atoms with Gasteiger partial charge in [0.15, 0.2) is 0 Å². The number of benzene rings is 7. The van der Waals surface area contributed by atoms with E-state index < -0.39 is 0 Å². The van der Waals surface area contributed by atoms with Crippen molar-refractivity contribution in [3.05, 3.63) is 176 Å². The summed E-state index contributed by atoms with van der Waals surface area (Å²) in [6.45, 7) is 6.73. The Hall–Kier alpha value is -6.25. The van der Waals surface area contributed by atoms with Gasteiger partial charge in [-0.3, -0.25) is 0 Å². The Morgan fingerprint density at radius 3 is 2.06 bits per heavy atom. The highest BCUT2D eigenvalue weighted by Crippen LogP contribution is 2.53. The third-order valence-corrected chi connectivity index (χ3v) is 10.4. The van der Waals surface area contributed by atoms with Crippen LogP contribution in [0.15, 0.2) is 164 Å². The molecule has 2 nitrogen and oxygen atoms in total. The van der Waals surface area contributed by atoms with Crippen molar-refractivity contribution in [2.45, 2.75) is 13.3 Å². The molecule has 0 aromatic heterocycles. The molecule has 0 spiro atoms. The number of para-hydroxylation sites is 1. The van der Waals surface area contributed by atoms with Crippen LogP contribution in [0, 0.1) is 0 Å². The molecule has 0 bridgehead atoms. The minimum Gasteiger partial charge on any atom is -0.317 e. The van der Waals surface area contributed by atoms with Crippen molar-refractivity contribution in [2.75, 3.05) is 4.90 Å². The molecule has 230 valence electrons. The average molecular weight is 626 g/mol. The van der Waals surface area contributed by atoms with Crippen molar-refractivity contribution in [3.8, 4) is 22.3 Å². The normalized spacial score (nSPS) is 15.7. The zero-order valence-corrected chi connectivity index (χ0v) is 27.3. The van der Waals surface area contributed by atoms with Crippen LogP contribution in [0.3, 0.4) is 0 Å². The van der Waals surface area contributed by atoms with E-state index in [1.807, 2.05) is 0 Å². The first-order valence-electron chi connectivity index (χ1n) is 17.1. The number of anilines is 2. The predicted molar refractivity (Wildman–Crippen MR) is 211 cm³/mol. The van der Waals surface area contributed by atoms with Crippen LogP contribution in [0.5, 0.6) is 0 Å². The lowest BCUT2D eigenvalue weighted by Crippen LogP contribution is -2.25. The number of allylic oxidation sites excluding steroid dienone is 6. The first-order valence-corrected chi connectivity index (χ1v) is 17.1. The number of fused-ring (bicyclic) bond motifs is 10. The summed E-state index contributed by atoms with van der Waals surface area (Å²) in [4.78, 5) is 2.31. The highest BCUT2D eigenvalue weighted by atomic mass is 15.1. The van der Waals surface area contributed by atoms with Crippen LogP contribution in [-0.2, 0) is 0 Å². The minimum atomic E-state index is 0.992. The van der Waals surface area contributed by atoms with Crippen LogP contribution in [0.25, 0.3) is 60.1 Å². The van der Waals surface area contributed by atoms with Crippen LogP contribution in [0.4, 0.5) is 22.7 Å². The summed E-state index contributed by atoms with van der Waals surface area (Å²) in [5.74, 6) is 0. The SMILES string of the molecule is C=C1/C=C\C=C/N(c2ccc3c4ccccc4c4ccccc4c3c2)c2ccc(-c3cc4c5c(c3)-c3ccccc3[N+]5=C4/C=C\CC)cc21. The lowest BCUT2D eigenvalue weighted by molar-refractivity contribution is 1.07. The van der Waals surface area contributed by atoms with Crippen LogP contribution < -0.4 is 9.48 Å². The Kier molecular flexibility index (Phi) is 6.04. The largest absolute Gasteiger partial charge is 0.317 e. The van der Waals surface area contributed by atoms with Gasteiger partial charge in [0.2, 0.25) is 17.1 Å². The Labute approximate surface area is 286 Å². The minimum absolute atomic E-state index is 0.992. The summed E-state index contributed by atoms with van der Waals surface area (Å²) in [6.07, 6.45) is 14.0. The van der Waals surface area contributed by atoms with E-state index in [4.69, 9.17) is 0 Å². The van der Waals surface area contributed by atoms with E-state index in [0.29, 0.717) is 0 Å². The monoisotopic (exact) mass is 625 g/mol. The smallest absolute Gasteiger partial charge is 0.233 e. The second kappa shape index (κ2) is 10.6. The quantitative estimate of drug-likeness (QED) is 0.139. The number of rotatable bonds is 4. The van der Waals surface area contributed by atoms with Gasteiger partial charge < -0.3 is 4.90 Å². The van der Waals surface area contributed by atoms with Gasteiger partial charge >= 0.3 is 0 Å². The summed E-state index contributed by atoms with van der Waals surface area (Å²) >= 11 is 0. The maximum atomic E-state index is 4.54. The molecule has 0 saturated heterocycles. The molecule has 0 fully saturated rings. The Balaban J connectivity index is 1.13. The molecule has 3 aliphatic heterocycles. The van der Waals surface area contributed by atoms with Gasteiger partial charge in [0.05, 0.1) is 16.8 Å². The summed E-state index contributed by atoms with van der Waals surface area (Å²) in [5.41, 5.74) is 14.6. The topological polar surface area (TPSA) is 6.25 Å². The Morgan fingerprint density at radius 1 is 0.612 bits per heavy atom. The first-order chi connectivity index (χ1) is 24.2. The van der Waals surface area contributed by atoms with E-state index >= 15 is 0 Å². The third kappa shape index (κ3) is 4.04. The standard InChI is InChI=1S/C47H33N2/c1-3-4-19-46-43-28-32(27-42-39-18-9-10-20-45(39)49(46)47(42)43)31-21-24-44-40(26-31)30(2)13-11-12-25-48(44)33-22-23-38-36-16-6-5-14-34(36)35-15-7-8-17-37(35)41(38)29-33/h4-29H,2-3H2,1H3/q+1/b13-11-,19-4-,25-12-. The van der Waals surface area contributed by atoms with Gasteiger partial charge in [-0.15, -0.1) is 0 Å². The molecule has 0 radical (unpaired) electrons. The van der Waals surface area contributed by atoms with Crippen LogP contribution in [0.1, 0.15) is 24.5 Å². The third-order valence-electron chi connectivity index (χ3n) is 10.4. The fourth-order valence-electron chi connectivity index (χ4n) is 8.10. The molecule has 0 aliphatic carbocycles. The van der Waals surface area contributed by atoms with Gasteiger partial charge in [-0.2, -0.15) is 4.58 Å². The maximum Gasteiger partial charge on any atom is 0.233 e. The second-order valence-corrected chi connectivity index (χ2v) is 13.1. The molecular weight excluding hydrogens is 593 g/mol. The van der Waals surface area contributed by atoms with Crippen molar-refractivity contribution in [1.29, 1.82) is 0 Å². The molecule has 10 rings (SSSR count). The van der Waals surface area contributed by atoms with E-state index in [9.17, 15) is 0 Å². The van der Waals surface area contributed by atoms with Gasteiger partial charge in [0, 0.05) is 29.6 Å². The molecule has 0 unspecified atom stereocenters. The molecule has 0 N–H and O–H groups in total. The zero-order chi connectivity index (χ0) is 32.6. The van der Waals surface area contributed by atoms with Crippen LogP contribution in [0.2, 0.25) is 0 Å².